The maximum Gasteiger partial charge on any atom is 0.262 e. The largest absolute Gasteiger partial charge is 0.352 e. The molecule has 1 saturated heterocycles. The van der Waals surface area contributed by atoms with Gasteiger partial charge >= 0.3 is 0 Å². The van der Waals surface area contributed by atoms with E-state index in [0.29, 0.717) is 23.9 Å². The monoisotopic (exact) mass is 433 g/mol. The van der Waals surface area contributed by atoms with Crippen LogP contribution in [0.15, 0.2) is 17.5 Å². The van der Waals surface area contributed by atoms with Crippen LogP contribution < -0.4 is 10.6 Å². The summed E-state index contributed by atoms with van der Waals surface area (Å²) < 4.78 is 0. The molecular formula is C23H35N3O3S. The molecule has 0 bridgehead atoms. The normalized spacial score (nSPS) is 20.2. The molecule has 7 heteroatoms. The Morgan fingerprint density at radius 2 is 1.70 bits per heavy atom. The topological polar surface area (TPSA) is 78.5 Å². The smallest absolute Gasteiger partial charge is 0.262 e. The summed E-state index contributed by atoms with van der Waals surface area (Å²) in [6.07, 6.45) is 5.78. The molecule has 6 nitrogen and oxygen atoms in total. The SMILES string of the molecule is CC(C)[C@H](C)NC(=O)[C@@H](NC(=O)c1cccs1)C1CCN(C(=O)C2CCCC2)CC1. The van der Waals surface area contributed by atoms with Crippen LogP contribution in [0.25, 0.3) is 0 Å². The average Bonchev–Trinajstić information content (AvgIpc) is 3.45. The Hall–Kier alpha value is -1.89. The van der Waals surface area contributed by atoms with Crippen LogP contribution in [-0.4, -0.2) is 47.8 Å². The maximum atomic E-state index is 13.1. The van der Waals surface area contributed by atoms with Crippen LogP contribution >= 0.6 is 11.3 Å². The van der Waals surface area contributed by atoms with Gasteiger partial charge in [0, 0.05) is 25.0 Å². The Labute approximate surface area is 183 Å². The summed E-state index contributed by atoms with van der Waals surface area (Å²) >= 11 is 1.37. The molecule has 3 amide bonds. The number of thiophene rings is 1. The van der Waals surface area contributed by atoms with Crippen LogP contribution in [-0.2, 0) is 9.59 Å². The minimum absolute atomic E-state index is 0.0286. The number of likely N-dealkylation sites (tertiary alicyclic amines) is 1. The molecule has 2 N–H and O–H groups in total. The number of carbonyl (C=O) groups is 3. The highest BCUT2D eigenvalue weighted by Gasteiger charge is 2.36. The van der Waals surface area contributed by atoms with Crippen LogP contribution in [0, 0.1) is 17.8 Å². The van der Waals surface area contributed by atoms with Gasteiger partial charge in [0.25, 0.3) is 5.91 Å². The Kier molecular flexibility index (Phi) is 7.92. The molecule has 1 aliphatic heterocycles. The van der Waals surface area contributed by atoms with Crippen LogP contribution in [0.1, 0.15) is 69.0 Å². The molecule has 2 heterocycles. The fourth-order valence-electron chi connectivity index (χ4n) is 4.38. The zero-order valence-corrected chi connectivity index (χ0v) is 19.2. The number of nitrogens with zero attached hydrogens (tertiary/aromatic N) is 1. The van der Waals surface area contributed by atoms with E-state index in [4.69, 9.17) is 0 Å². The van der Waals surface area contributed by atoms with Gasteiger partial charge in [0.1, 0.15) is 6.04 Å². The summed E-state index contributed by atoms with van der Waals surface area (Å²) in [7, 11) is 0. The summed E-state index contributed by atoms with van der Waals surface area (Å²) in [4.78, 5) is 41.1. The van der Waals surface area contributed by atoms with Gasteiger partial charge in [-0.3, -0.25) is 14.4 Å². The van der Waals surface area contributed by atoms with E-state index in [9.17, 15) is 14.4 Å². The van der Waals surface area contributed by atoms with E-state index in [1.54, 1.807) is 6.07 Å². The fraction of sp³-hybridized carbons (Fsp3) is 0.696. The molecule has 1 aromatic rings. The van der Waals surface area contributed by atoms with Crippen molar-refractivity contribution in [3.63, 3.8) is 0 Å². The maximum absolute atomic E-state index is 13.1. The molecule has 3 rings (SSSR count). The minimum atomic E-state index is -0.579. The molecule has 166 valence electrons. The van der Waals surface area contributed by atoms with Gasteiger partial charge in [-0.25, -0.2) is 0 Å². The Morgan fingerprint density at radius 3 is 2.27 bits per heavy atom. The van der Waals surface area contributed by atoms with Crippen molar-refractivity contribution in [2.24, 2.45) is 17.8 Å². The quantitative estimate of drug-likeness (QED) is 0.691. The summed E-state index contributed by atoms with van der Waals surface area (Å²) in [6.45, 7) is 7.45. The molecule has 30 heavy (non-hydrogen) atoms. The number of nitrogens with one attached hydrogen (secondary N) is 2. The van der Waals surface area contributed by atoms with Crippen molar-refractivity contribution in [1.29, 1.82) is 0 Å². The van der Waals surface area contributed by atoms with Gasteiger partial charge in [-0.05, 0) is 55.9 Å². The van der Waals surface area contributed by atoms with Crippen LogP contribution in [0.4, 0.5) is 0 Å². The van der Waals surface area contributed by atoms with Gasteiger partial charge in [0.05, 0.1) is 4.88 Å². The number of hydrogen-bond acceptors (Lipinski definition) is 4. The molecule has 0 radical (unpaired) electrons. The van der Waals surface area contributed by atoms with Crippen molar-refractivity contribution in [2.75, 3.05) is 13.1 Å². The van der Waals surface area contributed by atoms with Gasteiger partial charge in [-0.1, -0.05) is 32.8 Å². The lowest BCUT2D eigenvalue weighted by Gasteiger charge is -2.37. The molecule has 2 aliphatic rings. The first kappa shape index (κ1) is 22.8. The number of rotatable bonds is 7. The summed E-state index contributed by atoms with van der Waals surface area (Å²) in [5, 5.41) is 7.92. The van der Waals surface area contributed by atoms with Gasteiger partial charge in [-0.15, -0.1) is 11.3 Å². The minimum Gasteiger partial charge on any atom is -0.352 e. The van der Waals surface area contributed by atoms with Gasteiger partial charge in [-0.2, -0.15) is 0 Å². The predicted octanol–water partition coefficient (Wildman–Crippen LogP) is 3.44. The zero-order valence-electron chi connectivity index (χ0n) is 18.4. The van der Waals surface area contributed by atoms with E-state index in [2.05, 4.69) is 24.5 Å². The average molecular weight is 434 g/mol. The van der Waals surface area contributed by atoms with E-state index >= 15 is 0 Å². The summed E-state index contributed by atoms with van der Waals surface area (Å²) in [6, 6.07) is 3.06. The van der Waals surface area contributed by atoms with Crippen LogP contribution in [0.3, 0.4) is 0 Å². The lowest BCUT2D eigenvalue weighted by molar-refractivity contribution is -0.137. The van der Waals surface area contributed by atoms with Crippen molar-refractivity contribution in [3.05, 3.63) is 22.4 Å². The predicted molar refractivity (Wildman–Crippen MR) is 119 cm³/mol. The van der Waals surface area contributed by atoms with Gasteiger partial charge < -0.3 is 15.5 Å². The molecule has 2 fully saturated rings. The third kappa shape index (κ3) is 5.62. The van der Waals surface area contributed by atoms with E-state index in [1.165, 1.54) is 11.3 Å². The summed E-state index contributed by atoms with van der Waals surface area (Å²) in [5.41, 5.74) is 0. The second kappa shape index (κ2) is 10.4. The van der Waals surface area contributed by atoms with Crippen molar-refractivity contribution >= 4 is 29.1 Å². The molecule has 1 aliphatic carbocycles. The molecule has 1 saturated carbocycles. The second-order valence-corrected chi connectivity index (χ2v) is 10.1. The van der Waals surface area contributed by atoms with E-state index in [1.807, 2.05) is 23.3 Å². The van der Waals surface area contributed by atoms with Crippen molar-refractivity contribution in [3.8, 4) is 0 Å². The standard InChI is InChI=1S/C23H35N3O3S/c1-15(2)16(3)24-22(28)20(25-21(27)19-9-6-14-30-19)17-10-12-26(13-11-17)23(29)18-7-4-5-8-18/h6,9,14-18,20H,4-5,7-8,10-13H2,1-3H3,(H,24,28)(H,25,27)/t16-,20-/m0/s1. The first-order chi connectivity index (χ1) is 14.4. The lowest BCUT2D eigenvalue weighted by atomic mass is 9.87. The summed E-state index contributed by atoms with van der Waals surface area (Å²) in [5.74, 6) is 0.483. The molecule has 0 spiro atoms. The van der Waals surface area contributed by atoms with E-state index in [0.717, 1.165) is 38.5 Å². The van der Waals surface area contributed by atoms with Gasteiger partial charge in [0.15, 0.2) is 0 Å². The van der Waals surface area contributed by atoms with Crippen molar-refractivity contribution in [1.82, 2.24) is 15.5 Å². The van der Waals surface area contributed by atoms with E-state index < -0.39 is 6.04 Å². The first-order valence-electron chi connectivity index (χ1n) is 11.3. The Balaban J connectivity index is 1.64. The molecule has 2 atom stereocenters. The number of hydrogen-bond donors (Lipinski definition) is 2. The number of piperidine rings is 1. The Bertz CT molecular complexity index is 720. The number of amides is 3. The highest BCUT2D eigenvalue weighted by molar-refractivity contribution is 7.12. The molecular weight excluding hydrogens is 398 g/mol. The Morgan fingerprint density at radius 1 is 1.03 bits per heavy atom. The third-order valence-electron chi connectivity index (χ3n) is 6.71. The third-order valence-corrected chi connectivity index (χ3v) is 7.58. The van der Waals surface area contributed by atoms with Gasteiger partial charge in [0.2, 0.25) is 11.8 Å². The molecule has 0 aromatic carbocycles. The highest BCUT2D eigenvalue weighted by atomic mass is 32.1. The zero-order chi connectivity index (χ0) is 21.7. The van der Waals surface area contributed by atoms with Crippen LogP contribution in [0.2, 0.25) is 0 Å². The lowest BCUT2D eigenvalue weighted by Crippen LogP contribution is -2.55. The fourth-order valence-corrected chi connectivity index (χ4v) is 5.01. The molecule has 1 aromatic heterocycles. The second-order valence-electron chi connectivity index (χ2n) is 9.11. The molecule has 0 unspecified atom stereocenters. The van der Waals surface area contributed by atoms with Crippen molar-refractivity contribution in [2.45, 2.75) is 71.4 Å². The van der Waals surface area contributed by atoms with E-state index in [-0.39, 0.29) is 35.6 Å². The highest BCUT2D eigenvalue weighted by Crippen LogP contribution is 2.29. The van der Waals surface area contributed by atoms with Crippen molar-refractivity contribution < 1.29 is 14.4 Å². The number of carbonyl (C=O) groups excluding carboxylic acids is 3. The van der Waals surface area contributed by atoms with Crippen LogP contribution in [0.5, 0.6) is 0 Å². The first-order valence-corrected chi connectivity index (χ1v) is 12.2.